The van der Waals surface area contributed by atoms with Crippen molar-refractivity contribution in [2.45, 2.75) is 12.5 Å². The molecule has 14 heavy (non-hydrogen) atoms. The van der Waals surface area contributed by atoms with E-state index in [4.69, 9.17) is 11.6 Å². The predicted molar refractivity (Wildman–Crippen MR) is 51.2 cm³/mol. The van der Waals surface area contributed by atoms with E-state index in [1.807, 2.05) is 0 Å². The Morgan fingerprint density at radius 2 is 2.00 bits per heavy atom. The summed E-state index contributed by atoms with van der Waals surface area (Å²) in [5.41, 5.74) is 0. The summed E-state index contributed by atoms with van der Waals surface area (Å²) >= 11 is 5.48. The third kappa shape index (κ3) is 5.04. The number of hydrogen-bond acceptors (Lipinski definition) is 5. The molecule has 0 aromatic carbocycles. The van der Waals surface area contributed by atoms with Crippen LogP contribution in [-0.4, -0.2) is 44.6 Å². The lowest BCUT2D eigenvalue weighted by Crippen LogP contribution is -2.41. The molecule has 5 nitrogen and oxygen atoms in total. The van der Waals surface area contributed by atoms with Crippen LogP contribution in [0.4, 0.5) is 0 Å². The standard InChI is InChI=1S/C8H14ClNO4/c1-13-7(11)5-10-6(3-4-9)8(12)14-2/h6,10H,3-5H2,1-2H3/t6-/m0/s1. The largest absolute Gasteiger partial charge is 0.468 e. The molecule has 0 saturated heterocycles. The number of halogens is 1. The van der Waals surface area contributed by atoms with Crippen LogP contribution in [0, 0.1) is 0 Å². The van der Waals surface area contributed by atoms with E-state index in [-0.39, 0.29) is 6.54 Å². The van der Waals surface area contributed by atoms with Crippen molar-refractivity contribution in [3.05, 3.63) is 0 Å². The van der Waals surface area contributed by atoms with Gasteiger partial charge in [-0.25, -0.2) is 0 Å². The number of alkyl halides is 1. The third-order valence-electron chi connectivity index (χ3n) is 1.60. The fourth-order valence-corrected chi connectivity index (χ4v) is 1.05. The Morgan fingerprint density at radius 3 is 2.43 bits per heavy atom. The topological polar surface area (TPSA) is 64.6 Å². The first-order chi connectivity index (χ1) is 6.65. The molecule has 0 spiro atoms. The van der Waals surface area contributed by atoms with Crippen molar-refractivity contribution < 1.29 is 19.1 Å². The van der Waals surface area contributed by atoms with Crippen LogP contribution >= 0.6 is 11.6 Å². The summed E-state index contributed by atoms with van der Waals surface area (Å²) < 4.78 is 8.92. The first kappa shape index (κ1) is 13.2. The first-order valence-electron chi connectivity index (χ1n) is 4.09. The molecule has 6 heteroatoms. The van der Waals surface area contributed by atoms with Crippen molar-refractivity contribution in [2.24, 2.45) is 0 Å². The molecule has 0 aromatic rings. The molecule has 82 valence electrons. The lowest BCUT2D eigenvalue weighted by atomic mass is 10.2. The van der Waals surface area contributed by atoms with E-state index >= 15 is 0 Å². The Labute approximate surface area is 87.7 Å². The SMILES string of the molecule is COC(=O)CN[C@@H](CCCl)C(=O)OC. The van der Waals surface area contributed by atoms with Gasteiger partial charge in [-0.1, -0.05) is 0 Å². The zero-order valence-electron chi connectivity index (χ0n) is 8.21. The van der Waals surface area contributed by atoms with E-state index in [0.717, 1.165) is 0 Å². The number of ether oxygens (including phenoxy) is 2. The zero-order valence-corrected chi connectivity index (χ0v) is 8.97. The van der Waals surface area contributed by atoms with Crippen LogP contribution in [0.15, 0.2) is 0 Å². The second-order valence-corrected chi connectivity index (χ2v) is 2.89. The first-order valence-corrected chi connectivity index (χ1v) is 4.63. The van der Waals surface area contributed by atoms with E-state index < -0.39 is 18.0 Å². The Morgan fingerprint density at radius 1 is 1.36 bits per heavy atom. The van der Waals surface area contributed by atoms with E-state index in [1.165, 1.54) is 14.2 Å². The lowest BCUT2D eigenvalue weighted by Gasteiger charge is -2.13. The zero-order chi connectivity index (χ0) is 11.0. The highest BCUT2D eigenvalue weighted by Gasteiger charge is 2.18. The fourth-order valence-electron chi connectivity index (χ4n) is 0.833. The Hall–Kier alpha value is -0.810. The van der Waals surface area contributed by atoms with E-state index in [1.54, 1.807) is 0 Å². The summed E-state index contributed by atoms with van der Waals surface area (Å²) in [6.45, 7) is -0.0346. The summed E-state index contributed by atoms with van der Waals surface area (Å²) in [7, 11) is 2.56. The minimum absolute atomic E-state index is 0.0346. The highest BCUT2D eigenvalue weighted by Crippen LogP contribution is 1.97. The molecule has 0 aliphatic rings. The molecule has 0 amide bonds. The number of rotatable bonds is 6. The van der Waals surface area contributed by atoms with Crippen LogP contribution < -0.4 is 5.32 Å². The molecular weight excluding hydrogens is 210 g/mol. The average Bonchev–Trinajstić information content (AvgIpc) is 2.22. The molecule has 0 saturated carbocycles. The van der Waals surface area contributed by atoms with Gasteiger partial charge >= 0.3 is 11.9 Å². The number of esters is 2. The highest BCUT2D eigenvalue weighted by atomic mass is 35.5. The average molecular weight is 224 g/mol. The molecular formula is C8H14ClNO4. The van der Waals surface area contributed by atoms with Crippen LogP contribution in [0.3, 0.4) is 0 Å². The quantitative estimate of drug-likeness (QED) is 0.504. The summed E-state index contributed by atoms with van der Waals surface area (Å²) in [6, 6.07) is -0.559. The number of nitrogens with one attached hydrogen (secondary N) is 1. The smallest absolute Gasteiger partial charge is 0.322 e. The van der Waals surface area contributed by atoms with Crippen molar-refractivity contribution in [2.75, 3.05) is 26.6 Å². The molecule has 0 aromatic heterocycles. The number of methoxy groups -OCH3 is 2. The maximum atomic E-state index is 11.1. The minimum atomic E-state index is -0.559. The van der Waals surface area contributed by atoms with E-state index in [2.05, 4.69) is 14.8 Å². The van der Waals surface area contributed by atoms with Crippen LogP contribution in [0.25, 0.3) is 0 Å². The Kier molecular flexibility index (Phi) is 7.14. The van der Waals surface area contributed by atoms with Gasteiger partial charge < -0.3 is 9.47 Å². The second-order valence-electron chi connectivity index (χ2n) is 2.51. The van der Waals surface area contributed by atoms with Crippen molar-refractivity contribution >= 4 is 23.5 Å². The van der Waals surface area contributed by atoms with Gasteiger partial charge in [-0.05, 0) is 6.42 Å². The van der Waals surface area contributed by atoms with Crippen LogP contribution in [0.2, 0.25) is 0 Å². The van der Waals surface area contributed by atoms with Gasteiger partial charge in [-0.3, -0.25) is 14.9 Å². The van der Waals surface area contributed by atoms with Crippen LogP contribution in [0.1, 0.15) is 6.42 Å². The van der Waals surface area contributed by atoms with Gasteiger partial charge in [0, 0.05) is 5.88 Å². The van der Waals surface area contributed by atoms with Gasteiger partial charge in [0.1, 0.15) is 6.04 Å². The minimum Gasteiger partial charge on any atom is -0.468 e. The van der Waals surface area contributed by atoms with Crippen LogP contribution in [0.5, 0.6) is 0 Å². The summed E-state index contributed by atoms with van der Waals surface area (Å²) in [5, 5.41) is 2.69. The Balaban J connectivity index is 3.96. The molecule has 0 aliphatic heterocycles. The molecule has 0 rings (SSSR count). The summed E-state index contributed by atoms with van der Waals surface area (Å²) in [6.07, 6.45) is 0.408. The normalized spacial score (nSPS) is 11.9. The maximum absolute atomic E-state index is 11.1. The summed E-state index contributed by atoms with van der Waals surface area (Å²) in [4.78, 5) is 21.9. The second kappa shape index (κ2) is 7.58. The number of hydrogen-bond donors (Lipinski definition) is 1. The van der Waals surface area contributed by atoms with E-state index in [0.29, 0.717) is 12.3 Å². The molecule has 0 radical (unpaired) electrons. The predicted octanol–water partition coefficient (Wildman–Crippen LogP) is -0.0805. The van der Waals surface area contributed by atoms with Crippen molar-refractivity contribution in [1.82, 2.24) is 5.32 Å². The maximum Gasteiger partial charge on any atom is 0.322 e. The monoisotopic (exact) mass is 223 g/mol. The van der Waals surface area contributed by atoms with Gasteiger partial charge in [0.2, 0.25) is 0 Å². The van der Waals surface area contributed by atoms with Gasteiger partial charge in [-0.2, -0.15) is 0 Å². The van der Waals surface area contributed by atoms with Gasteiger partial charge in [0.15, 0.2) is 0 Å². The van der Waals surface area contributed by atoms with Crippen molar-refractivity contribution in [3.8, 4) is 0 Å². The van der Waals surface area contributed by atoms with E-state index in [9.17, 15) is 9.59 Å². The molecule has 1 atom stereocenters. The van der Waals surface area contributed by atoms with Gasteiger partial charge in [0.25, 0.3) is 0 Å². The summed E-state index contributed by atoms with van der Waals surface area (Å²) in [5.74, 6) is -0.559. The highest BCUT2D eigenvalue weighted by molar-refractivity contribution is 6.18. The molecule has 0 bridgehead atoms. The van der Waals surface area contributed by atoms with Crippen molar-refractivity contribution in [3.63, 3.8) is 0 Å². The number of carbonyl (C=O) groups is 2. The Bertz CT molecular complexity index is 198. The van der Waals surface area contributed by atoms with Gasteiger partial charge in [0.05, 0.1) is 20.8 Å². The van der Waals surface area contributed by atoms with Crippen LogP contribution in [-0.2, 0) is 19.1 Å². The van der Waals surface area contributed by atoms with Gasteiger partial charge in [-0.15, -0.1) is 11.6 Å². The third-order valence-corrected chi connectivity index (χ3v) is 1.82. The van der Waals surface area contributed by atoms with Crippen molar-refractivity contribution in [1.29, 1.82) is 0 Å². The molecule has 1 N–H and O–H groups in total. The lowest BCUT2D eigenvalue weighted by molar-refractivity contribution is -0.144. The molecule has 0 unspecified atom stereocenters. The number of carbonyl (C=O) groups excluding carboxylic acids is 2. The fraction of sp³-hybridized carbons (Fsp3) is 0.750. The molecule has 0 aliphatic carbocycles. The molecule has 0 heterocycles. The molecule has 0 fully saturated rings.